The van der Waals surface area contributed by atoms with Gasteiger partial charge in [-0.25, -0.2) is 0 Å². The Morgan fingerprint density at radius 2 is 0.667 bits per heavy atom. The molecular formula is C58H39NO. The Bertz CT molecular complexity index is 3240. The molecule has 10 aromatic carbocycles. The first kappa shape index (κ1) is 35.2. The normalized spacial score (nSPS) is 11.3. The van der Waals surface area contributed by atoms with Gasteiger partial charge >= 0.3 is 0 Å². The lowest BCUT2D eigenvalue weighted by atomic mass is 9.96. The fourth-order valence-electron chi connectivity index (χ4n) is 8.60. The number of fused-ring (bicyclic) bond motifs is 5. The zero-order valence-electron chi connectivity index (χ0n) is 32.9. The number of furan rings is 1. The predicted molar refractivity (Wildman–Crippen MR) is 253 cm³/mol. The van der Waals surface area contributed by atoms with E-state index in [-0.39, 0.29) is 0 Å². The van der Waals surface area contributed by atoms with E-state index in [2.05, 4.69) is 241 Å². The van der Waals surface area contributed by atoms with E-state index < -0.39 is 0 Å². The first-order chi connectivity index (χ1) is 29.7. The van der Waals surface area contributed by atoms with Crippen molar-refractivity contribution in [1.82, 2.24) is 0 Å². The maximum atomic E-state index is 6.98. The van der Waals surface area contributed by atoms with Crippen molar-refractivity contribution in [3.8, 4) is 55.6 Å². The van der Waals surface area contributed by atoms with Gasteiger partial charge in [0.25, 0.3) is 0 Å². The van der Waals surface area contributed by atoms with Gasteiger partial charge in [-0.05, 0) is 109 Å². The summed E-state index contributed by atoms with van der Waals surface area (Å²) in [6.07, 6.45) is 0. The molecule has 0 radical (unpaired) electrons. The van der Waals surface area contributed by atoms with Crippen LogP contribution in [0, 0.1) is 0 Å². The summed E-state index contributed by atoms with van der Waals surface area (Å²) < 4.78 is 6.98. The highest BCUT2D eigenvalue weighted by molar-refractivity contribution is 6.21. The summed E-state index contributed by atoms with van der Waals surface area (Å²) in [4.78, 5) is 2.35. The van der Waals surface area contributed by atoms with E-state index in [1.807, 2.05) is 0 Å². The molecule has 11 aromatic rings. The Morgan fingerprint density at radius 1 is 0.283 bits per heavy atom. The van der Waals surface area contributed by atoms with Crippen LogP contribution in [0.2, 0.25) is 0 Å². The molecule has 1 heterocycles. The van der Waals surface area contributed by atoms with Crippen molar-refractivity contribution in [1.29, 1.82) is 0 Å². The van der Waals surface area contributed by atoms with E-state index in [1.165, 1.54) is 49.7 Å². The van der Waals surface area contributed by atoms with Crippen LogP contribution in [-0.2, 0) is 0 Å². The smallest absolute Gasteiger partial charge is 0.159 e. The van der Waals surface area contributed by atoms with Crippen LogP contribution in [-0.4, -0.2) is 0 Å². The molecule has 11 rings (SSSR count). The van der Waals surface area contributed by atoms with Crippen molar-refractivity contribution in [2.75, 3.05) is 4.90 Å². The number of rotatable bonds is 8. The van der Waals surface area contributed by atoms with Crippen LogP contribution >= 0.6 is 0 Å². The molecule has 0 atom stereocenters. The van der Waals surface area contributed by atoms with E-state index in [9.17, 15) is 0 Å². The lowest BCUT2D eigenvalue weighted by Crippen LogP contribution is -2.10. The highest BCUT2D eigenvalue weighted by Crippen LogP contribution is 2.47. The number of hydrogen-bond donors (Lipinski definition) is 0. The van der Waals surface area contributed by atoms with Crippen LogP contribution in [0.3, 0.4) is 0 Å². The second-order valence-corrected chi connectivity index (χ2v) is 15.3. The van der Waals surface area contributed by atoms with Crippen LogP contribution in [0.4, 0.5) is 17.1 Å². The third kappa shape index (κ3) is 6.51. The topological polar surface area (TPSA) is 16.4 Å². The Labute approximate surface area is 349 Å². The third-order valence-electron chi connectivity index (χ3n) is 11.7. The number of nitrogens with zero attached hydrogens (tertiary/aromatic N) is 1. The summed E-state index contributed by atoms with van der Waals surface area (Å²) >= 11 is 0. The molecule has 60 heavy (non-hydrogen) atoms. The molecular weight excluding hydrogens is 727 g/mol. The first-order valence-electron chi connectivity index (χ1n) is 20.5. The standard InChI is InChI=1S/C58H39NO/c1-4-12-40(13-5-1)43-20-22-45(23-21-43)47-30-35-52(36-31-47)59(51-33-28-46(29-34-51)42-16-8-3-9-17-42)55-39-50(48-26-24-44(25-27-48)41-14-6-2-7-15-41)38-54-57-53-19-11-10-18-49(53)32-37-56(57)60-58(54)55/h1-39H. The van der Waals surface area contributed by atoms with Gasteiger partial charge in [-0.15, -0.1) is 0 Å². The predicted octanol–water partition coefficient (Wildman–Crippen LogP) is 16.5. The number of benzene rings is 10. The second-order valence-electron chi connectivity index (χ2n) is 15.3. The zero-order valence-corrected chi connectivity index (χ0v) is 32.9. The van der Waals surface area contributed by atoms with Crippen LogP contribution < -0.4 is 4.90 Å². The fraction of sp³-hybridized carbons (Fsp3) is 0. The van der Waals surface area contributed by atoms with E-state index in [4.69, 9.17) is 4.42 Å². The minimum atomic E-state index is 0.846. The summed E-state index contributed by atoms with van der Waals surface area (Å²) in [6, 6.07) is 84.7. The summed E-state index contributed by atoms with van der Waals surface area (Å²) in [5.74, 6) is 0. The van der Waals surface area contributed by atoms with E-state index in [0.29, 0.717) is 0 Å². The Balaban J connectivity index is 1.09. The molecule has 0 fully saturated rings. The lowest BCUT2D eigenvalue weighted by Gasteiger charge is -2.27. The van der Waals surface area contributed by atoms with Crippen molar-refractivity contribution in [2.45, 2.75) is 0 Å². The first-order valence-corrected chi connectivity index (χ1v) is 20.5. The number of hydrogen-bond acceptors (Lipinski definition) is 2. The summed E-state index contributed by atoms with van der Waals surface area (Å²) in [5.41, 5.74) is 16.5. The maximum absolute atomic E-state index is 6.98. The molecule has 0 saturated heterocycles. The zero-order chi connectivity index (χ0) is 39.8. The molecule has 0 spiro atoms. The highest BCUT2D eigenvalue weighted by atomic mass is 16.3. The van der Waals surface area contributed by atoms with E-state index >= 15 is 0 Å². The van der Waals surface area contributed by atoms with Gasteiger partial charge in [0, 0.05) is 22.1 Å². The van der Waals surface area contributed by atoms with Gasteiger partial charge in [0.15, 0.2) is 5.58 Å². The molecule has 1 aromatic heterocycles. The van der Waals surface area contributed by atoms with Crippen LogP contribution in [0.5, 0.6) is 0 Å². The molecule has 0 bridgehead atoms. The van der Waals surface area contributed by atoms with Crippen molar-refractivity contribution in [2.24, 2.45) is 0 Å². The molecule has 0 aliphatic carbocycles. The van der Waals surface area contributed by atoms with Gasteiger partial charge < -0.3 is 9.32 Å². The minimum absolute atomic E-state index is 0.846. The van der Waals surface area contributed by atoms with Crippen molar-refractivity contribution in [3.05, 3.63) is 237 Å². The van der Waals surface area contributed by atoms with Crippen molar-refractivity contribution >= 4 is 49.8 Å². The Kier molecular flexibility index (Phi) is 8.87. The van der Waals surface area contributed by atoms with Crippen LogP contribution in [0.25, 0.3) is 88.3 Å². The summed E-state index contributed by atoms with van der Waals surface area (Å²) in [5, 5.41) is 4.58. The molecule has 2 heteroatoms. The molecule has 282 valence electrons. The molecule has 0 aliphatic rings. The SMILES string of the molecule is c1ccc(-c2ccc(-c3ccc(N(c4ccc(-c5ccccc5)cc4)c4cc(-c5ccc(-c6ccccc6)cc5)cc5c4oc4ccc6ccccc6c45)cc3)cc2)cc1. The Hall–Kier alpha value is -7.94. The van der Waals surface area contributed by atoms with Gasteiger partial charge in [0.05, 0.1) is 5.69 Å². The van der Waals surface area contributed by atoms with Crippen LogP contribution in [0.1, 0.15) is 0 Å². The Morgan fingerprint density at radius 3 is 1.13 bits per heavy atom. The van der Waals surface area contributed by atoms with Gasteiger partial charge in [0.2, 0.25) is 0 Å². The maximum Gasteiger partial charge on any atom is 0.159 e. The van der Waals surface area contributed by atoms with E-state index in [1.54, 1.807) is 0 Å². The molecule has 0 N–H and O–H groups in total. The molecule has 0 aliphatic heterocycles. The van der Waals surface area contributed by atoms with Crippen molar-refractivity contribution in [3.63, 3.8) is 0 Å². The highest BCUT2D eigenvalue weighted by Gasteiger charge is 2.23. The average Bonchev–Trinajstić information content (AvgIpc) is 3.73. The molecule has 0 unspecified atom stereocenters. The van der Waals surface area contributed by atoms with E-state index in [0.717, 1.165) is 55.7 Å². The third-order valence-corrected chi connectivity index (χ3v) is 11.7. The second kappa shape index (κ2) is 15.1. The quantitative estimate of drug-likeness (QED) is 0.153. The van der Waals surface area contributed by atoms with Crippen LogP contribution in [0.15, 0.2) is 241 Å². The number of anilines is 3. The molecule has 0 amide bonds. The van der Waals surface area contributed by atoms with Gasteiger partial charge in [-0.3, -0.25) is 0 Å². The monoisotopic (exact) mass is 765 g/mol. The lowest BCUT2D eigenvalue weighted by molar-refractivity contribution is 0.669. The van der Waals surface area contributed by atoms with Gasteiger partial charge in [-0.1, -0.05) is 194 Å². The molecule has 0 saturated carbocycles. The van der Waals surface area contributed by atoms with Crippen molar-refractivity contribution < 1.29 is 4.42 Å². The van der Waals surface area contributed by atoms with Gasteiger partial charge in [0.1, 0.15) is 5.58 Å². The fourth-order valence-corrected chi connectivity index (χ4v) is 8.60. The summed E-state index contributed by atoms with van der Waals surface area (Å²) in [7, 11) is 0. The summed E-state index contributed by atoms with van der Waals surface area (Å²) in [6.45, 7) is 0. The minimum Gasteiger partial charge on any atom is -0.454 e. The average molecular weight is 766 g/mol. The molecule has 2 nitrogen and oxygen atoms in total. The largest absolute Gasteiger partial charge is 0.454 e. The van der Waals surface area contributed by atoms with Gasteiger partial charge in [-0.2, -0.15) is 0 Å².